The van der Waals surface area contributed by atoms with Crippen LogP contribution in [0.3, 0.4) is 0 Å². The van der Waals surface area contributed by atoms with Crippen molar-refractivity contribution in [3.05, 3.63) is 82.7 Å². The number of hydrogen-bond donors (Lipinski definition) is 2. The van der Waals surface area contributed by atoms with Crippen molar-refractivity contribution in [1.82, 2.24) is 14.7 Å². The monoisotopic (exact) mass is 533 g/mol. The lowest BCUT2D eigenvalue weighted by Gasteiger charge is -2.37. The summed E-state index contributed by atoms with van der Waals surface area (Å²) >= 11 is 0. The zero-order valence-corrected chi connectivity index (χ0v) is 21.9. The number of hydrogen-bond acceptors (Lipinski definition) is 4. The highest BCUT2D eigenvalue weighted by Gasteiger charge is 2.48. The molecule has 5 nitrogen and oxygen atoms in total. The van der Waals surface area contributed by atoms with Crippen molar-refractivity contribution < 1.29 is 27.8 Å². The molecule has 0 aromatic carbocycles. The molecule has 1 fully saturated rings. The largest absolute Gasteiger partial charge is 0.414 e. The van der Waals surface area contributed by atoms with Gasteiger partial charge in [0.2, 0.25) is 0 Å². The van der Waals surface area contributed by atoms with Gasteiger partial charge in [-0.1, -0.05) is 49.8 Å². The molecule has 1 aliphatic heterocycles. The third-order valence-electron chi connectivity index (χ3n) is 7.67. The van der Waals surface area contributed by atoms with E-state index in [9.17, 15) is 27.8 Å². The zero-order chi connectivity index (χ0) is 27.7. The number of aliphatic hydroxyl groups excluding tert-OH is 1. The Kier molecular flexibility index (Phi) is 8.18. The van der Waals surface area contributed by atoms with Crippen LogP contribution in [-0.2, 0) is 6.42 Å². The first-order valence-corrected chi connectivity index (χ1v) is 13.1. The van der Waals surface area contributed by atoms with E-state index in [0.29, 0.717) is 25.0 Å². The minimum atomic E-state index is -4.41. The molecular formula is C29H35F4N3O2. The lowest BCUT2D eigenvalue weighted by Crippen LogP contribution is -2.42. The molecule has 0 radical (unpaired) electrons. The normalized spacial score (nSPS) is 29.8. The Balaban J connectivity index is 0.00000164. The summed E-state index contributed by atoms with van der Waals surface area (Å²) < 4.78 is 54.5. The Morgan fingerprint density at radius 2 is 1.95 bits per heavy atom. The lowest BCUT2D eigenvalue weighted by atomic mass is 9.77. The van der Waals surface area contributed by atoms with Gasteiger partial charge in [0.25, 0.3) is 0 Å². The first kappa shape index (κ1) is 28.1. The highest BCUT2D eigenvalue weighted by Crippen LogP contribution is 2.49. The van der Waals surface area contributed by atoms with Crippen molar-refractivity contribution in [2.24, 2.45) is 5.92 Å². The average molecular weight is 534 g/mol. The van der Waals surface area contributed by atoms with Gasteiger partial charge in [-0.25, -0.2) is 4.39 Å². The zero-order valence-electron chi connectivity index (χ0n) is 21.9. The molecule has 5 rings (SSSR count). The molecule has 1 aromatic heterocycles. The van der Waals surface area contributed by atoms with E-state index < -0.39 is 23.5 Å². The molecule has 4 aliphatic rings. The van der Waals surface area contributed by atoms with Crippen LogP contribution in [0.15, 0.2) is 71.4 Å². The van der Waals surface area contributed by atoms with Gasteiger partial charge < -0.3 is 15.1 Å². The van der Waals surface area contributed by atoms with Crippen molar-refractivity contribution in [2.45, 2.75) is 69.9 Å². The second-order valence-corrected chi connectivity index (χ2v) is 10.1. The maximum absolute atomic E-state index is 13.5. The molecule has 0 saturated heterocycles. The first-order chi connectivity index (χ1) is 18.0. The molecule has 2 N–H and O–H groups in total. The molecule has 3 aliphatic carbocycles. The van der Waals surface area contributed by atoms with Crippen LogP contribution in [0.4, 0.5) is 17.6 Å². The summed E-state index contributed by atoms with van der Waals surface area (Å²) in [5, 5.41) is 27.1. The fourth-order valence-electron chi connectivity index (χ4n) is 5.74. The van der Waals surface area contributed by atoms with Gasteiger partial charge in [0, 0.05) is 38.0 Å². The number of halogens is 4. The molecule has 0 spiro atoms. The van der Waals surface area contributed by atoms with Crippen molar-refractivity contribution in [3.63, 3.8) is 0 Å². The van der Waals surface area contributed by atoms with E-state index in [-0.39, 0.29) is 37.2 Å². The third kappa shape index (κ3) is 5.59. The van der Waals surface area contributed by atoms with Gasteiger partial charge in [-0.15, -0.1) is 0 Å². The van der Waals surface area contributed by atoms with Crippen molar-refractivity contribution in [2.75, 3.05) is 13.6 Å². The third-order valence-corrected chi connectivity index (χ3v) is 7.67. The van der Waals surface area contributed by atoms with Crippen molar-refractivity contribution in [3.8, 4) is 0 Å². The number of nitrogens with zero attached hydrogens (tertiary/aromatic N) is 3. The van der Waals surface area contributed by atoms with E-state index in [4.69, 9.17) is 0 Å². The number of alkyl halides is 3. The highest BCUT2D eigenvalue weighted by molar-refractivity contribution is 5.59. The Hall–Kier alpha value is -2.91. The number of fused-ring (bicyclic) bond motifs is 2. The molecule has 1 aromatic rings. The molecule has 0 bridgehead atoms. The molecule has 0 amide bonds. The Bertz CT molecular complexity index is 1220. The van der Waals surface area contributed by atoms with Crippen LogP contribution in [0.25, 0.3) is 6.08 Å². The summed E-state index contributed by atoms with van der Waals surface area (Å²) in [7, 11) is 1.52. The van der Waals surface area contributed by atoms with E-state index in [1.54, 1.807) is 18.3 Å². The van der Waals surface area contributed by atoms with Gasteiger partial charge in [0.1, 0.15) is 5.83 Å². The summed E-state index contributed by atoms with van der Waals surface area (Å²) in [6, 6.07) is -0.156. The fourth-order valence-corrected chi connectivity index (χ4v) is 5.74. The number of aromatic nitrogens is 2. The number of aliphatic hydroxyl groups is 2. The van der Waals surface area contributed by atoms with Crippen molar-refractivity contribution >= 4 is 6.08 Å². The van der Waals surface area contributed by atoms with Gasteiger partial charge in [-0.3, -0.25) is 4.68 Å². The molecule has 4 atom stereocenters. The number of likely N-dealkylation sites (N-methyl/N-ethyl adjacent to an activating group) is 1. The number of rotatable bonds is 4. The van der Waals surface area contributed by atoms with Crippen molar-refractivity contribution in [1.29, 1.82) is 0 Å². The Labute approximate surface area is 220 Å². The molecular weight excluding hydrogens is 498 g/mol. The van der Waals surface area contributed by atoms with Crippen LogP contribution >= 0.6 is 0 Å². The molecule has 2 heterocycles. The van der Waals surface area contributed by atoms with Gasteiger partial charge >= 0.3 is 6.18 Å². The SMILES string of the molecule is CC.CN1CC(C(F)(F)F)=CC=C1C(O)C[C@]1(O)CCC2=Cc3c(cnn3C3C=C/C=C(/F)C/C=C\3)CC21. The van der Waals surface area contributed by atoms with Crippen LogP contribution in [0, 0.1) is 5.92 Å². The summed E-state index contributed by atoms with van der Waals surface area (Å²) in [5.41, 5.74) is 1.53. The average Bonchev–Trinajstić information content (AvgIpc) is 3.41. The molecule has 1 saturated carbocycles. The van der Waals surface area contributed by atoms with Crippen LogP contribution in [0.1, 0.15) is 56.8 Å². The van der Waals surface area contributed by atoms with E-state index in [1.807, 2.05) is 30.7 Å². The number of allylic oxidation sites excluding steroid dienone is 8. The summed E-state index contributed by atoms with van der Waals surface area (Å²) in [5.74, 6) is -0.402. The Morgan fingerprint density at radius 1 is 1.18 bits per heavy atom. The summed E-state index contributed by atoms with van der Waals surface area (Å²) in [6.45, 7) is 3.66. The van der Waals surface area contributed by atoms with Crippen LogP contribution in [0.2, 0.25) is 0 Å². The molecule has 206 valence electrons. The molecule has 3 unspecified atom stereocenters. The standard InChI is InChI=1S/C27H29F4N3O2.C2H6/c1-33-16-19(27(29,30)31)8-9-23(33)25(35)14-26(36)11-10-17-13-24-18(12-22(17)26)15-32-34(24)21-6-2-4-20(28)5-3-7-21;1-2/h2-4,6-9,13,15,21-22,25,35-36H,5,10-12,14,16H2,1H3;1-2H3/b6-2?,7-3-,20-4+;/t21?,22?,25?,26-;/m1./s1. The second kappa shape index (κ2) is 11.1. The fraction of sp³-hybridized carbons (Fsp3) is 0.483. The predicted octanol–water partition coefficient (Wildman–Crippen LogP) is 5.97. The summed E-state index contributed by atoms with van der Waals surface area (Å²) in [6.07, 6.45) is 11.3. The smallest absolute Gasteiger partial charge is 0.389 e. The molecule has 38 heavy (non-hydrogen) atoms. The maximum Gasteiger partial charge on any atom is 0.414 e. The van der Waals surface area contributed by atoms with Gasteiger partial charge in [-0.05, 0) is 43.1 Å². The van der Waals surface area contributed by atoms with Gasteiger partial charge in [-0.2, -0.15) is 18.3 Å². The van der Waals surface area contributed by atoms with E-state index in [1.165, 1.54) is 24.1 Å². The summed E-state index contributed by atoms with van der Waals surface area (Å²) in [4.78, 5) is 1.39. The molecule has 9 heteroatoms. The van der Waals surface area contributed by atoms with Gasteiger partial charge in [0.05, 0.1) is 35.2 Å². The highest BCUT2D eigenvalue weighted by atomic mass is 19.4. The van der Waals surface area contributed by atoms with E-state index in [2.05, 4.69) is 11.2 Å². The second-order valence-electron chi connectivity index (χ2n) is 10.1. The van der Waals surface area contributed by atoms with Crippen LogP contribution in [-0.4, -0.2) is 56.4 Å². The van der Waals surface area contributed by atoms with E-state index >= 15 is 0 Å². The van der Waals surface area contributed by atoms with Gasteiger partial charge in [0.15, 0.2) is 0 Å². The predicted molar refractivity (Wildman–Crippen MR) is 140 cm³/mol. The minimum absolute atomic E-state index is 0.0375. The Morgan fingerprint density at radius 3 is 2.66 bits per heavy atom. The maximum atomic E-state index is 13.5. The van der Waals surface area contributed by atoms with Crippen LogP contribution < -0.4 is 0 Å². The quantitative estimate of drug-likeness (QED) is 0.370. The van der Waals surface area contributed by atoms with Crippen LogP contribution in [0.5, 0.6) is 0 Å². The first-order valence-electron chi connectivity index (χ1n) is 13.1. The minimum Gasteiger partial charge on any atom is -0.389 e. The van der Waals surface area contributed by atoms with E-state index in [0.717, 1.165) is 22.9 Å². The topological polar surface area (TPSA) is 61.5 Å². The lowest BCUT2D eigenvalue weighted by molar-refractivity contribution is -0.0959.